The Labute approximate surface area is 160 Å². The molecule has 28 heavy (non-hydrogen) atoms. The van der Waals surface area contributed by atoms with Crippen molar-refractivity contribution in [2.24, 2.45) is 7.05 Å². The highest BCUT2D eigenvalue weighted by Crippen LogP contribution is 2.32. The molecule has 4 aromatic rings. The van der Waals surface area contributed by atoms with E-state index in [9.17, 15) is 4.39 Å². The Morgan fingerprint density at radius 3 is 2.75 bits per heavy atom. The molecule has 8 heteroatoms. The first-order chi connectivity index (χ1) is 13.7. The van der Waals surface area contributed by atoms with Gasteiger partial charge < -0.3 is 14.0 Å². The number of benzene rings is 1. The lowest BCUT2D eigenvalue weighted by Crippen LogP contribution is -2.30. The Hall–Kier alpha value is -3.55. The van der Waals surface area contributed by atoms with Gasteiger partial charge in [-0.2, -0.15) is 0 Å². The van der Waals surface area contributed by atoms with Crippen molar-refractivity contribution in [1.29, 1.82) is 0 Å². The van der Waals surface area contributed by atoms with Crippen LogP contribution in [0.5, 0.6) is 0 Å². The van der Waals surface area contributed by atoms with Crippen LogP contribution in [0.3, 0.4) is 0 Å². The number of anilines is 1. The third-order valence-corrected chi connectivity index (χ3v) is 4.98. The molecule has 0 unspecified atom stereocenters. The van der Waals surface area contributed by atoms with Gasteiger partial charge in [-0.05, 0) is 24.3 Å². The molecule has 0 saturated carbocycles. The van der Waals surface area contributed by atoms with Gasteiger partial charge in [-0.1, -0.05) is 17.3 Å². The van der Waals surface area contributed by atoms with Crippen molar-refractivity contribution in [3.05, 3.63) is 65.9 Å². The Morgan fingerprint density at radius 1 is 1.11 bits per heavy atom. The van der Waals surface area contributed by atoms with Crippen molar-refractivity contribution in [3.63, 3.8) is 0 Å². The number of halogens is 1. The van der Waals surface area contributed by atoms with Crippen LogP contribution in [0.2, 0.25) is 0 Å². The van der Waals surface area contributed by atoms with Crippen molar-refractivity contribution in [1.82, 2.24) is 24.9 Å². The molecule has 0 amide bonds. The van der Waals surface area contributed by atoms with Gasteiger partial charge >= 0.3 is 0 Å². The third-order valence-electron chi connectivity index (χ3n) is 4.98. The van der Waals surface area contributed by atoms with Crippen molar-refractivity contribution in [3.8, 4) is 22.8 Å². The summed E-state index contributed by atoms with van der Waals surface area (Å²) in [5.74, 6) is 2.01. The molecule has 3 aromatic heterocycles. The van der Waals surface area contributed by atoms with E-state index in [2.05, 4.69) is 25.2 Å². The Kier molecular flexibility index (Phi) is 3.89. The van der Waals surface area contributed by atoms with E-state index in [0.717, 1.165) is 29.5 Å². The second-order valence-electron chi connectivity index (χ2n) is 6.72. The second kappa shape index (κ2) is 6.56. The minimum Gasteiger partial charge on any atom is -0.360 e. The maximum atomic E-state index is 14.2. The summed E-state index contributed by atoms with van der Waals surface area (Å²) in [5, 5.41) is 12.8. The van der Waals surface area contributed by atoms with Crippen molar-refractivity contribution in [2.45, 2.75) is 13.0 Å². The molecule has 0 spiro atoms. The lowest BCUT2D eigenvalue weighted by Gasteiger charge is -2.26. The largest absolute Gasteiger partial charge is 0.360 e. The third kappa shape index (κ3) is 2.74. The van der Waals surface area contributed by atoms with Crippen LogP contribution in [0, 0.1) is 5.82 Å². The predicted molar refractivity (Wildman–Crippen MR) is 101 cm³/mol. The van der Waals surface area contributed by atoms with Crippen molar-refractivity contribution < 1.29 is 8.91 Å². The van der Waals surface area contributed by atoms with E-state index in [4.69, 9.17) is 4.52 Å². The quantitative estimate of drug-likeness (QED) is 0.547. The minimum absolute atomic E-state index is 0.310. The number of rotatable bonds is 3. The predicted octanol–water partition coefficient (Wildman–Crippen LogP) is 3.23. The standard InChI is InChI=1S/C20H17FN6O/c1-26-11-9-22-20(26)16-6-7-18(24-23-16)27-10-8-17-14(12-27)19(25-28-17)13-4-2-3-5-15(13)21/h2-7,9,11H,8,10,12H2,1H3. The number of fused-ring (bicyclic) bond motifs is 1. The topological polar surface area (TPSA) is 72.9 Å². The van der Waals surface area contributed by atoms with Gasteiger partial charge in [0, 0.05) is 43.5 Å². The first-order valence-electron chi connectivity index (χ1n) is 8.99. The fourth-order valence-electron chi connectivity index (χ4n) is 3.50. The van der Waals surface area contributed by atoms with Gasteiger partial charge in [-0.15, -0.1) is 10.2 Å². The minimum atomic E-state index is -0.310. The van der Waals surface area contributed by atoms with Crippen molar-refractivity contribution in [2.75, 3.05) is 11.4 Å². The number of hydrogen-bond acceptors (Lipinski definition) is 6. The normalized spacial score (nSPS) is 13.6. The molecule has 0 fully saturated rings. The van der Waals surface area contributed by atoms with E-state index in [-0.39, 0.29) is 5.82 Å². The molecule has 1 aromatic carbocycles. The van der Waals surface area contributed by atoms with Gasteiger partial charge in [0.15, 0.2) is 11.6 Å². The second-order valence-corrected chi connectivity index (χ2v) is 6.72. The first kappa shape index (κ1) is 16.6. The van der Waals surface area contributed by atoms with Crippen LogP contribution in [0.4, 0.5) is 10.2 Å². The zero-order valence-corrected chi connectivity index (χ0v) is 15.2. The van der Waals surface area contributed by atoms with Crippen LogP contribution in [0.1, 0.15) is 11.3 Å². The zero-order chi connectivity index (χ0) is 19.1. The summed E-state index contributed by atoms with van der Waals surface area (Å²) in [6.07, 6.45) is 4.28. The number of imidazole rings is 1. The van der Waals surface area contributed by atoms with Crippen LogP contribution in [-0.4, -0.2) is 31.4 Å². The molecule has 0 atom stereocenters. The van der Waals surface area contributed by atoms with Crippen LogP contribution in [0.25, 0.3) is 22.8 Å². The lowest BCUT2D eigenvalue weighted by molar-refractivity contribution is 0.378. The van der Waals surface area contributed by atoms with Crippen LogP contribution in [-0.2, 0) is 20.0 Å². The summed E-state index contributed by atoms with van der Waals surface area (Å²) in [7, 11) is 1.92. The molecule has 140 valence electrons. The van der Waals surface area contributed by atoms with E-state index in [0.29, 0.717) is 29.9 Å². The van der Waals surface area contributed by atoms with E-state index in [1.807, 2.05) is 29.9 Å². The van der Waals surface area contributed by atoms with E-state index in [1.165, 1.54) is 6.07 Å². The smallest absolute Gasteiger partial charge is 0.160 e. The van der Waals surface area contributed by atoms with Gasteiger partial charge in [0.2, 0.25) is 0 Å². The van der Waals surface area contributed by atoms with Gasteiger partial charge in [-0.3, -0.25) is 0 Å². The molecule has 0 radical (unpaired) electrons. The first-order valence-corrected chi connectivity index (χ1v) is 8.99. The van der Waals surface area contributed by atoms with Gasteiger partial charge in [0.05, 0.1) is 6.54 Å². The van der Waals surface area contributed by atoms with Gasteiger partial charge in [0.1, 0.15) is 23.0 Å². The van der Waals surface area contributed by atoms with Crippen LogP contribution < -0.4 is 4.90 Å². The number of aromatic nitrogens is 5. The molecule has 7 nitrogen and oxygen atoms in total. The fourth-order valence-corrected chi connectivity index (χ4v) is 3.50. The molecule has 0 N–H and O–H groups in total. The highest BCUT2D eigenvalue weighted by atomic mass is 19.1. The molecule has 0 aliphatic carbocycles. The Morgan fingerprint density at radius 2 is 2.00 bits per heavy atom. The summed E-state index contributed by atoms with van der Waals surface area (Å²) < 4.78 is 21.6. The monoisotopic (exact) mass is 376 g/mol. The molecular weight excluding hydrogens is 359 g/mol. The van der Waals surface area contributed by atoms with E-state index >= 15 is 0 Å². The maximum absolute atomic E-state index is 14.2. The van der Waals surface area contributed by atoms with Gasteiger partial charge in [-0.25, -0.2) is 9.37 Å². The molecule has 1 aliphatic heterocycles. The number of aryl methyl sites for hydroxylation is 1. The summed E-state index contributed by atoms with van der Waals surface area (Å²) in [5.41, 5.74) is 2.61. The average molecular weight is 376 g/mol. The highest BCUT2D eigenvalue weighted by Gasteiger charge is 2.27. The summed E-state index contributed by atoms with van der Waals surface area (Å²) in [6.45, 7) is 1.27. The summed E-state index contributed by atoms with van der Waals surface area (Å²) in [6, 6.07) is 10.4. The van der Waals surface area contributed by atoms with Crippen LogP contribution >= 0.6 is 0 Å². The molecular formula is C20H17FN6O. The lowest BCUT2D eigenvalue weighted by atomic mass is 10.0. The average Bonchev–Trinajstić information content (AvgIpc) is 3.34. The molecule has 5 rings (SSSR count). The Balaban J connectivity index is 1.44. The number of hydrogen-bond donors (Lipinski definition) is 0. The Bertz CT molecular complexity index is 1130. The summed E-state index contributed by atoms with van der Waals surface area (Å²) in [4.78, 5) is 6.39. The molecule has 0 saturated heterocycles. The highest BCUT2D eigenvalue weighted by molar-refractivity contribution is 5.65. The van der Waals surface area contributed by atoms with E-state index in [1.54, 1.807) is 24.4 Å². The molecule has 4 heterocycles. The fraction of sp³-hybridized carbons (Fsp3) is 0.200. The number of nitrogens with zero attached hydrogens (tertiary/aromatic N) is 6. The van der Waals surface area contributed by atoms with Gasteiger partial charge in [0.25, 0.3) is 0 Å². The van der Waals surface area contributed by atoms with E-state index < -0.39 is 0 Å². The molecule has 1 aliphatic rings. The van der Waals surface area contributed by atoms with Crippen molar-refractivity contribution >= 4 is 5.82 Å². The molecule has 0 bridgehead atoms. The zero-order valence-electron chi connectivity index (χ0n) is 15.2. The maximum Gasteiger partial charge on any atom is 0.160 e. The summed E-state index contributed by atoms with van der Waals surface area (Å²) >= 11 is 0. The van der Waals surface area contributed by atoms with Crippen LogP contribution in [0.15, 0.2) is 53.3 Å². The SMILES string of the molecule is Cn1ccnc1-c1ccc(N2CCc3onc(-c4ccccc4F)c3C2)nn1.